The van der Waals surface area contributed by atoms with Gasteiger partial charge in [0.2, 0.25) is 0 Å². The molecule has 0 aromatic rings. The number of unbranched alkanes of at least 4 members (excludes halogenated alkanes) is 3. The van der Waals surface area contributed by atoms with Crippen LogP contribution >= 0.6 is 0 Å². The van der Waals surface area contributed by atoms with Gasteiger partial charge in [-0.3, -0.25) is 0 Å². The number of hydrogen-bond acceptors (Lipinski definition) is 1. The Bertz CT molecular complexity index is 155. The molecule has 1 heterocycles. The Morgan fingerprint density at radius 1 is 1.07 bits per heavy atom. The van der Waals surface area contributed by atoms with E-state index in [1.165, 1.54) is 58.2 Å². The van der Waals surface area contributed by atoms with Gasteiger partial charge in [-0.25, -0.2) is 0 Å². The van der Waals surface area contributed by atoms with E-state index < -0.39 is 0 Å². The van der Waals surface area contributed by atoms with Crippen LogP contribution in [-0.4, -0.2) is 24.5 Å². The quantitative estimate of drug-likeness (QED) is 0.623. The van der Waals surface area contributed by atoms with E-state index in [-0.39, 0.29) is 0 Å². The first-order valence-electron chi connectivity index (χ1n) is 6.94. The molecule has 0 amide bonds. The molecule has 2 atom stereocenters. The average Bonchev–Trinajstić information content (AvgIpc) is 2.35. The van der Waals surface area contributed by atoms with E-state index in [1.807, 2.05) is 0 Å². The molecule has 1 saturated heterocycles. The highest BCUT2D eigenvalue weighted by Gasteiger charge is 2.18. The third kappa shape index (κ3) is 5.55. The lowest BCUT2D eigenvalue weighted by atomic mass is 9.97. The van der Waals surface area contributed by atoms with Crippen molar-refractivity contribution in [1.82, 2.24) is 4.90 Å². The molecule has 0 N–H and O–H groups in total. The average molecular weight is 211 g/mol. The summed E-state index contributed by atoms with van der Waals surface area (Å²) in [4.78, 5) is 2.70. The first-order chi connectivity index (χ1) is 7.22. The van der Waals surface area contributed by atoms with Crippen LogP contribution < -0.4 is 0 Å². The predicted octanol–water partition coefficient (Wildman–Crippen LogP) is 3.93. The largest absolute Gasteiger partial charge is 0.303 e. The highest BCUT2D eigenvalue weighted by Crippen LogP contribution is 2.21. The van der Waals surface area contributed by atoms with Crippen LogP contribution in [0, 0.1) is 11.8 Å². The molecule has 15 heavy (non-hydrogen) atoms. The smallest absolute Gasteiger partial charge is 0.000712 e. The molecular weight excluding hydrogens is 182 g/mol. The van der Waals surface area contributed by atoms with Crippen LogP contribution in [0.5, 0.6) is 0 Å². The Morgan fingerprint density at radius 3 is 2.60 bits per heavy atom. The van der Waals surface area contributed by atoms with Gasteiger partial charge in [0.1, 0.15) is 0 Å². The maximum Gasteiger partial charge on any atom is 0.000712 e. The zero-order chi connectivity index (χ0) is 11.1. The maximum atomic E-state index is 2.70. The van der Waals surface area contributed by atoms with Gasteiger partial charge in [-0.1, -0.05) is 40.0 Å². The summed E-state index contributed by atoms with van der Waals surface area (Å²) in [6, 6.07) is 0. The molecule has 0 bridgehead atoms. The van der Waals surface area contributed by atoms with E-state index in [4.69, 9.17) is 0 Å². The topological polar surface area (TPSA) is 3.24 Å². The molecule has 2 unspecified atom stereocenters. The Labute approximate surface area is 96.2 Å². The van der Waals surface area contributed by atoms with E-state index in [0.717, 1.165) is 11.8 Å². The summed E-state index contributed by atoms with van der Waals surface area (Å²) in [6.07, 6.45) is 8.46. The maximum absolute atomic E-state index is 2.70. The van der Waals surface area contributed by atoms with Gasteiger partial charge in [0.05, 0.1) is 0 Å². The monoisotopic (exact) mass is 211 g/mol. The van der Waals surface area contributed by atoms with E-state index in [9.17, 15) is 0 Å². The van der Waals surface area contributed by atoms with E-state index in [2.05, 4.69) is 25.7 Å². The van der Waals surface area contributed by atoms with Gasteiger partial charge >= 0.3 is 0 Å². The second-order valence-electron chi connectivity index (χ2n) is 5.60. The van der Waals surface area contributed by atoms with Crippen molar-refractivity contribution < 1.29 is 0 Å². The Balaban J connectivity index is 2.17. The molecule has 1 nitrogen and oxygen atoms in total. The van der Waals surface area contributed by atoms with Crippen molar-refractivity contribution in [3.63, 3.8) is 0 Å². The summed E-state index contributed by atoms with van der Waals surface area (Å²) in [5.74, 6) is 1.86. The highest BCUT2D eigenvalue weighted by atomic mass is 15.1. The van der Waals surface area contributed by atoms with E-state index in [0.29, 0.717) is 0 Å². The van der Waals surface area contributed by atoms with Crippen molar-refractivity contribution in [2.75, 3.05) is 19.6 Å². The second-order valence-corrected chi connectivity index (χ2v) is 5.60. The molecule has 0 aromatic carbocycles. The standard InChI is InChI=1S/C14H29N/c1-4-5-6-7-9-15-10-8-13(2)11-14(3)12-15/h13-14H,4-12H2,1-3H3. The minimum Gasteiger partial charge on any atom is -0.303 e. The minimum absolute atomic E-state index is 0.911. The van der Waals surface area contributed by atoms with Crippen LogP contribution in [-0.2, 0) is 0 Å². The van der Waals surface area contributed by atoms with Crippen LogP contribution in [0.2, 0.25) is 0 Å². The Kier molecular flexibility index (Phi) is 6.31. The third-order valence-electron chi connectivity index (χ3n) is 3.64. The molecule has 0 aliphatic carbocycles. The molecule has 1 aliphatic heterocycles. The molecule has 90 valence electrons. The molecule has 1 fully saturated rings. The van der Waals surface area contributed by atoms with Crippen molar-refractivity contribution in [2.45, 2.75) is 59.3 Å². The fourth-order valence-electron chi connectivity index (χ4n) is 2.78. The molecule has 0 saturated carbocycles. The lowest BCUT2D eigenvalue weighted by Crippen LogP contribution is -2.28. The molecule has 1 heteroatoms. The zero-order valence-electron chi connectivity index (χ0n) is 11.0. The number of rotatable bonds is 5. The van der Waals surface area contributed by atoms with E-state index in [1.54, 1.807) is 0 Å². The first-order valence-corrected chi connectivity index (χ1v) is 6.94. The minimum atomic E-state index is 0.911. The Hall–Kier alpha value is -0.0400. The van der Waals surface area contributed by atoms with Gasteiger partial charge in [-0.15, -0.1) is 0 Å². The van der Waals surface area contributed by atoms with Gasteiger partial charge in [0.15, 0.2) is 0 Å². The molecule has 0 aromatic heterocycles. The van der Waals surface area contributed by atoms with Gasteiger partial charge in [-0.05, 0) is 44.2 Å². The van der Waals surface area contributed by atoms with Crippen molar-refractivity contribution in [1.29, 1.82) is 0 Å². The second kappa shape index (κ2) is 7.27. The summed E-state index contributed by atoms with van der Waals surface area (Å²) in [5, 5.41) is 0. The molecule has 1 rings (SSSR count). The fourth-order valence-corrected chi connectivity index (χ4v) is 2.78. The normalized spacial score (nSPS) is 29.0. The molecule has 1 aliphatic rings. The summed E-state index contributed by atoms with van der Waals surface area (Å²) >= 11 is 0. The van der Waals surface area contributed by atoms with Crippen LogP contribution in [0.1, 0.15) is 59.3 Å². The summed E-state index contributed by atoms with van der Waals surface area (Å²) < 4.78 is 0. The van der Waals surface area contributed by atoms with Gasteiger partial charge in [0.25, 0.3) is 0 Å². The molecular formula is C14H29N. The fraction of sp³-hybridized carbons (Fsp3) is 1.00. The van der Waals surface area contributed by atoms with Gasteiger partial charge in [-0.2, -0.15) is 0 Å². The van der Waals surface area contributed by atoms with Gasteiger partial charge in [0, 0.05) is 6.54 Å². The first kappa shape index (κ1) is 13.0. The van der Waals surface area contributed by atoms with Crippen molar-refractivity contribution in [2.24, 2.45) is 11.8 Å². The van der Waals surface area contributed by atoms with E-state index >= 15 is 0 Å². The highest BCUT2D eigenvalue weighted by molar-refractivity contribution is 4.71. The lowest BCUT2D eigenvalue weighted by Gasteiger charge is -2.22. The predicted molar refractivity (Wildman–Crippen MR) is 68.1 cm³/mol. The summed E-state index contributed by atoms with van der Waals surface area (Å²) in [6.45, 7) is 11.2. The molecule has 0 radical (unpaired) electrons. The van der Waals surface area contributed by atoms with Crippen LogP contribution in [0.3, 0.4) is 0 Å². The van der Waals surface area contributed by atoms with Crippen molar-refractivity contribution in [3.8, 4) is 0 Å². The van der Waals surface area contributed by atoms with Crippen LogP contribution in [0.25, 0.3) is 0 Å². The number of likely N-dealkylation sites (tertiary alicyclic amines) is 1. The van der Waals surface area contributed by atoms with Crippen molar-refractivity contribution >= 4 is 0 Å². The molecule has 0 spiro atoms. The van der Waals surface area contributed by atoms with Crippen molar-refractivity contribution in [3.05, 3.63) is 0 Å². The number of hydrogen-bond donors (Lipinski definition) is 0. The summed E-state index contributed by atoms with van der Waals surface area (Å²) in [5.41, 5.74) is 0. The number of nitrogens with zero attached hydrogens (tertiary/aromatic N) is 1. The Morgan fingerprint density at radius 2 is 1.87 bits per heavy atom. The third-order valence-corrected chi connectivity index (χ3v) is 3.64. The summed E-state index contributed by atoms with van der Waals surface area (Å²) in [7, 11) is 0. The van der Waals surface area contributed by atoms with Gasteiger partial charge < -0.3 is 4.90 Å². The lowest BCUT2D eigenvalue weighted by molar-refractivity contribution is 0.250. The van der Waals surface area contributed by atoms with Crippen LogP contribution in [0.4, 0.5) is 0 Å². The SMILES string of the molecule is CCCCCCN1CCC(C)CC(C)C1. The zero-order valence-corrected chi connectivity index (χ0v) is 11.0. The van der Waals surface area contributed by atoms with Crippen LogP contribution in [0.15, 0.2) is 0 Å².